The molecule has 1 aliphatic rings. The topological polar surface area (TPSA) is 76.4 Å². The van der Waals surface area contributed by atoms with Gasteiger partial charge in [-0.3, -0.25) is 14.9 Å². The first-order valence-electron chi connectivity index (χ1n) is 6.04. The molecule has 2 heterocycles. The molecule has 1 aromatic heterocycles. The maximum atomic E-state index is 11.8. The third kappa shape index (κ3) is 2.20. The van der Waals surface area contributed by atoms with Crippen molar-refractivity contribution < 1.29 is 14.0 Å². The maximum Gasteiger partial charge on any atom is 0.336 e. The van der Waals surface area contributed by atoms with E-state index in [9.17, 15) is 14.4 Å². The normalized spacial score (nSPS) is 16.1. The Kier molecular flexibility index (Phi) is 3.32. The van der Waals surface area contributed by atoms with Crippen molar-refractivity contribution in [2.24, 2.45) is 0 Å². The Labute approximate surface area is 104 Å². The van der Waals surface area contributed by atoms with Crippen LogP contribution in [0.3, 0.4) is 0 Å². The fraction of sp³-hybridized carbons (Fsp3) is 0.462. The lowest BCUT2D eigenvalue weighted by Gasteiger charge is -2.20. The van der Waals surface area contributed by atoms with Gasteiger partial charge in [-0.15, -0.1) is 0 Å². The summed E-state index contributed by atoms with van der Waals surface area (Å²) in [5, 5.41) is 2.25. The molecule has 0 spiro atoms. The van der Waals surface area contributed by atoms with Crippen LogP contribution in [0.2, 0.25) is 0 Å². The average molecular weight is 249 g/mol. The second kappa shape index (κ2) is 4.76. The third-order valence-corrected chi connectivity index (χ3v) is 3.12. The van der Waals surface area contributed by atoms with Crippen LogP contribution in [0.1, 0.15) is 54.3 Å². The summed E-state index contributed by atoms with van der Waals surface area (Å²) >= 11 is 0. The van der Waals surface area contributed by atoms with Gasteiger partial charge in [-0.05, 0) is 17.9 Å². The van der Waals surface area contributed by atoms with E-state index in [1.165, 1.54) is 6.07 Å². The fourth-order valence-corrected chi connectivity index (χ4v) is 2.30. The van der Waals surface area contributed by atoms with Crippen molar-refractivity contribution in [1.29, 1.82) is 0 Å². The zero-order chi connectivity index (χ0) is 13.3. The molecule has 5 nitrogen and oxygen atoms in total. The quantitative estimate of drug-likeness (QED) is 0.820. The molecule has 0 saturated carbocycles. The van der Waals surface area contributed by atoms with E-state index in [0.29, 0.717) is 11.1 Å². The second-order valence-electron chi connectivity index (χ2n) is 4.56. The smallest absolute Gasteiger partial charge is 0.336 e. The van der Waals surface area contributed by atoms with Gasteiger partial charge in [0.1, 0.15) is 5.76 Å². The van der Waals surface area contributed by atoms with Crippen LogP contribution in [0.15, 0.2) is 15.3 Å². The number of carbonyl (C=O) groups excluding carboxylic acids is 2. The highest BCUT2D eigenvalue weighted by molar-refractivity contribution is 6.09. The van der Waals surface area contributed by atoms with Crippen molar-refractivity contribution in [1.82, 2.24) is 5.32 Å². The first-order valence-corrected chi connectivity index (χ1v) is 6.04. The summed E-state index contributed by atoms with van der Waals surface area (Å²) in [5.74, 6) is -0.625. The molecule has 0 aliphatic carbocycles. The SMILES string of the molecule is CCCC(C)c1cc(=O)oc2c1C(=O)NC(=O)C2. The molecule has 5 heteroatoms. The van der Waals surface area contributed by atoms with Crippen LogP contribution in [0.5, 0.6) is 0 Å². The molecular formula is C13H15NO4. The van der Waals surface area contributed by atoms with Crippen LogP contribution in [0.25, 0.3) is 0 Å². The Morgan fingerprint density at radius 1 is 1.39 bits per heavy atom. The minimum absolute atomic E-state index is 0.0526. The van der Waals surface area contributed by atoms with Crippen LogP contribution in [-0.4, -0.2) is 11.8 Å². The number of hydrogen-bond donors (Lipinski definition) is 1. The Morgan fingerprint density at radius 3 is 2.78 bits per heavy atom. The number of fused-ring (bicyclic) bond motifs is 1. The Morgan fingerprint density at radius 2 is 2.11 bits per heavy atom. The molecule has 0 radical (unpaired) electrons. The van der Waals surface area contributed by atoms with E-state index in [4.69, 9.17) is 4.42 Å². The summed E-state index contributed by atoms with van der Waals surface area (Å²) in [4.78, 5) is 34.6. The van der Waals surface area contributed by atoms with Gasteiger partial charge < -0.3 is 4.42 Å². The molecule has 2 amide bonds. The van der Waals surface area contributed by atoms with Gasteiger partial charge in [0.2, 0.25) is 5.91 Å². The summed E-state index contributed by atoms with van der Waals surface area (Å²) in [7, 11) is 0. The van der Waals surface area contributed by atoms with Crippen LogP contribution >= 0.6 is 0 Å². The van der Waals surface area contributed by atoms with Crippen molar-refractivity contribution in [3.63, 3.8) is 0 Å². The molecule has 0 bridgehead atoms. The molecule has 1 aromatic rings. The molecule has 2 rings (SSSR count). The zero-order valence-corrected chi connectivity index (χ0v) is 10.4. The second-order valence-corrected chi connectivity index (χ2v) is 4.56. The standard InChI is InChI=1S/C13H15NO4/c1-3-4-7(2)8-5-11(16)18-9-6-10(15)14-13(17)12(8)9/h5,7H,3-4,6H2,1-2H3,(H,14,15,17). The van der Waals surface area contributed by atoms with E-state index >= 15 is 0 Å². The summed E-state index contributed by atoms with van der Waals surface area (Å²) < 4.78 is 4.97. The largest absolute Gasteiger partial charge is 0.426 e. The lowest BCUT2D eigenvalue weighted by atomic mass is 9.90. The highest BCUT2D eigenvalue weighted by Crippen LogP contribution is 2.27. The van der Waals surface area contributed by atoms with Gasteiger partial charge in [-0.1, -0.05) is 20.3 Å². The minimum atomic E-state index is -0.505. The molecule has 96 valence electrons. The van der Waals surface area contributed by atoms with Gasteiger partial charge in [-0.25, -0.2) is 4.79 Å². The van der Waals surface area contributed by atoms with Gasteiger partial charge in [0.15, 0.2) is 0 Å². The average Bonchev–Trinajstić information content (AvgIpc) is 2.27. The van der Waals surface area contributed by atoms with Crippen molar-refractivity contribution in [2.75, 3.05) is 0 Å². The summed E-state index contributed by atoms with van der Waals surface area (Å²) in [6, 6.07) is 1.36. The van der Waals surface area contributed by atoms with E-state index in [0.717, 1.165) is 12.8 Å². The zero-order valence-electron chi connectivity index (χ0n) is 10.4. The van der Waals surface area contributed by atoms with Crippen LogP contribution in [-0.2, 0) is 11.2 Å². The summed E-state index contributed by atoms with van der Waals surface area (Å²) in [6.07, 6.45) is 1.77. The number of imide groups is 1. The van der Waals surface area contributed by atoms with E-state index in [1.54, 1.807) is 0 Å². The first-order chi connectivity index (χ1) is 8.52. The van der Waals surface area contributed by atoms with Gasteiger partial charge in [0, 0.05) is 6.07 Å². The van der Waals surface area contributed by atoms with Gasteiger partial charge >= 0.3 is 5.63 Å². The maximum absolute atomic E-state index is 11.8. The van der Waals surface area contributed by atoms with E-state index in [-0.39, 0.29) is 18.1 Å². The monoisotopic (exact) mass is 249 g/mol. The Hall–Kier alpha value is -1.91. The van der Waals surface area contributed by atoms with Gasteiger partial charge in [0.05, 0.1) is 12.0 Å². The molecule has 18 heavy (non-hydrogen) atoms. The lowest BCUT2D eigenvalue weighted by Crippen LogP contribution is -2.39. The summed E-state index contributed by atoms with van der Waals surface area (Å²) in [6.45, 7) is 4.00. The predicted octanol–water partition coefficient (Wildman–Crippen LogP) is 1.36. The molecule has 1 aliphatic heterocycles. The van der Waals surface area contributed by atoms with Crippen molar-refractivity contribution >= 4 is 11.8 Å². The highest BCUT2D eigenvalue weighted by atomic mass is 16.4. The fourth-order valence-electron chi connectivity index (χ4n) is 2.30. The molecular weight excluding hydrogens is 234 g/mol. The number of nitrogens with one attached hydrogen (secondary N) is 1. The third-order valence-electron chi connectivity index (χ3n) is 3.12. The van der Waals surface area contributed by atoms with Crippen LogP contribution < -0.4 is 10.9 Å². The van der Waals surface area contributed by atoms with Crippen molar-refractivity contribution in [3.8, 4) is 0 Å². The number of carbonyl (C=O) groups is 2. The number of amides is 2. The Bertz CT molecular complexity index is 559. The molecule has 0 saturated heterocycles. The molecule has 0 fully saturated rings. The van der Waals surface area contributed by atoms with E-state index in [2.05, 4.69) is 5.32 Å². The van der Waals surface area contributed by atoms with Crippen molar-refractivity contribution in [3.05, 3.63) is 33.4 Å². The molecule has 1 unspecified atom stereocenters. The van der Waals surface area contributed by atoms with Crippen molar-refractivity contribution in [2.45, 2.75) is 39.0 Å². The van der Waals surface area contributed by atoms with E-state index in [1.807, 2.05) is 13.8 Å². The Balaban J connectivity index is 2.57. The van der Waals surface area contributed by atoms with Gasteiger partial charge in [-0.2, -0.15) is 0 Å². The summed E-state index contributed by atoms with van der Waals surface area (Å²) in [5.41, 5.74) is 0.525. The number of hydrogen-bond acceptors (Lipinski definition) is 4. The van der Waals surface area contributed by atoms with Gasteiger partial charge in [0.25, 0.3) is 5.91 Å². The van der Waals surface area contributed by atoms with E-state index < -0.39 is 17.4 Å². The molecule has 1 N–H and O–H groups in total. The molecule has 1 atom stereocenters. The predicted molar refractivity (Wildman–Crippen MR) is 64.5 cm³/mol. The van der Waals surface area contributed by atoms with Crippen LogP contribution in [0, 0.1) is 0 Å². The van der Waals surface area contributed by atoms with Crippen LogP contribution in [0.4, 0.5) is 0 Å². The minimum Gasteiger partial charge on any atom is -0.426 e. The molecule has 0 aromatic carbocycles. The highest BCUT2D eigenvalue weighted by Gasteiger charge is 2.29. The number of rotatable bonds is 3. The lowest BCUT2D eigenvalue weighted by molar-refractivity contribution is -0.120. The first kappa shape index (κ1) is 12.5.